The van der Waals surface area contributed by atoms with E-state index in [1.165, 1.54) is 38.8 Å². The Morgan fingerprint density at radius 1 is 0.853 bits per heavy atom. The van der Waals surface area contributed by atoms with Gasteiger partial charge in [-0.3, -0.25) is 4.79 Å². The van der Waals surface area contributed by atoms with Crippen molar-refractivity contribution in [2.75, 3.05) is 45.3 Å². The van der Waals surface area contributed by atoms with Crippen molar-refractivity contribution in [2.24, 2.45) is 0 Å². The molecule has 1 amide bonds. The molecule has 0 fully saturated rings. The van der Waals surface area contributed by atoms with E-state index in [4.69, 9.17) is 9.47 Å². The molecule has 1 aliphatic heterocycles. The lowest BCUT2D eigenvalue weighted by molar-refractivity contribution is 0.0992. The summed E-state index contributed by atoms with van der Waals surface area (Å²) in [5.74, 6) is 1.35. The third-order valence-corrected chi connectivity index (χ3v) is 6.98. The van der Waals surface area contributed by atoms with Crippen LogP contribution < -0.4 is 14.4 Å². The Kier molecular flexibility index (Phi) is 7.94. The lowest BCUT2D eigenvalue weighted by Gasteiger charge is -2.23. The summed E-state index contributed by atoms with van der Waals surface area (Å²) < 4.78 is 11.4. The Morgan fingerprint density at radius 3 is 2.24 bits per heavy atom. The molecule has 1 aliphatic rings. The van der Waals surface area contributed by atoms with Crippen molar-refractivity contribution in [2.45, 2.75) is 52.4 Å². The predicted molar refractivity (Wildman–Crippen MR) is 142 cm³/mol. The normalized spacial score (nSPS) is 13.0. The van der Waals surface area contributed by atoms with Gasteiger partial charge in [-0.05, 0) is 68.2 Å². The van der Waals surface area contributed by atoms with Gasteiger partial charge < -0.3 is 19.3 Å². The number of methoxy groups -OCH3 is 2. The number of fused-ring (bicyclic) bond motifs is 2. The minimum Gasteiger partial charge on any atom is -0.493 e. The molecule has 5 nitrogen and oxygen atoms in total. The van der Waals surface area contributed by atoms with Gasteiger partial charge in [0, 0.05) is 17.3 Å². The molecule has 34 heavy (non-hydrogen) atoms. The second-order valence-corrected chi connectivity index (χ2v) is 9.24. The highest BCUT2D eigenvalue weighted by Crippen LogP contribution is 2.49. The summed E-state index contributed by atoms with van der Waals surface area (Å²) in [4.78, 5) is 18.1. The fraction of sp³-hybridized carbons (Fsp3) is 0.483. The van der Waals surface area contributed by atoms with Crippen LogP contribution in [0.3, 0.4) is 0 Å². The number of unbranched alkanes of at least 4 members (excludes halogenated alkanes) is 3. The number of carbonyl (C=O) groups excluding carboxylic acids is 1. The topological polar surface area (TPSA) is 42.0 Å². The molecule has 0 saturated heterocycles. The zero-order valence-corrected chi connectivity index (χ0v) is 21.2. The summed E-state index contributed by atoms with van der Waals surface area (Å²) >= 11 is 0. The van der Waals surface area contributed by atoms with Crippen LogP contribution in [-0.4, -0.2) is 51.2 Å². The van der Waals surface area contributed by atoms with Gasteiger partial charge in [0.05, 0.1) is 25.5 Å². The fourth-order valence-corrected chi connectivity index (χ4v) is 5.15. The second kappa shape index (κ2) is 11.1. The van der Waals surface area contributed by atoms with Crippen molar-refractivity contribution in [3.63, 3.8) is 0 Å². The quantitative estimate of drug-likeness (QED) is 0.211. The molecule has 3 aromatic carbocycles. The fourth-order valence-electron chi connectivity index (χ4n) is 5.15. The highest BCUT2D eigenvalue weighted by molar-refractivity contribution is 6.31. The first-order chi connectivity index (χ1) is 16.6. The average Bonchev–Trinajstić information content (AvgIpc) is 3.13. The Morgan fingerprint density at radius 2 is 1.56 bits per heavy atom. The molecule has 5 heteroatoms. The SMILES string of the molecule is CCCCN(CCCC)CCCCN1C(=O)c2cc(OC)c(OC)c3c2c1cc1ccccc13. The van der Waals surface area contributed by atoms with Gasteiger partial charge in [-0.15, -0.1) is 0 Å². The lowest BCUT2D eigenvalue weighted by atomic mass is 9.97. The van der Waals surface area contributed by atoms with E-state index < -0.39 is 0 Å². The van der Waals surface area contributed by atoms with Crippen molar-refractivity contribution >= 4 is 33.1 Å². The van der Waals surface area contributed by atoms with E-state index >= 15 is 0 Å². The number of benzene rings is 3. The van der Waals surface area contributed by atoms with E-state index in [1.54, 1.807) is 14.2 Å². The van der Waals surface area contributed by atoms with Crippen LogP contribution in [0.2, 0.25) is 0 Å². The zero-order chi connectivity index (χ0) is 24.1. The maximum absolute atomic E-state index is 13.6. The molecular formula is C29H38N2O3. The van der Waals surface area contributed by atoms with Crippen molar-refractivity contribution in [3.05, 3.63) is 42.0 Å². The first-order valence-electron chi connectivity index (χ1n) is 12.8. The number of ether oxygens (including phenoxy) is 2. The van der Waals surface area contributed by atoms with E-state index in [9.17, 15) is 4.79 Å². The van der Waals surface area contributed by atoms with E-state index in [-0.39, 0.29) is 5.91 Å². The Balaban J connectivity index is 1.60. The molecule has 0 atom stereocenters. The molecule has 1 heterocycles. The van der Waals surface area contributed by atoms with Crippen LogP contribution in [0.5, 0.6) is 11.5 Å². The van der Waals surface area contributed by atoms with Crippen molar-refractivity contribution in [1.82, 2.24) is 4.90 Å². The average molecular weight is 463 g/mol. The van der Waals surface area contributed by atoms with Crippen LogP contribution in [0.4, 0.5) is 5.69 Å². The Labute approximate surface area is 203 Å². The molecule has 182 valence electrons. The number of carbonyl (C=O) groups is 1. The second-order valence-electron chi connectivity index (χ2n) is 9.24. The molecule has 4 rings (SSSR count). The lowest BCUT2D eigenvalue weighted by Crippen LogP contribution is -2.30. The molecule has 0 saturated carbocycles. The van der Waals surface area contributed by atoms with Gasteiger partial charge in [0.25, 0.3) is 5.91 Å². The third-order valence-electron chi connectivity index (χ3n) is 6.98. The maximum Gasteiger partial charge on any atom is 0.259 e. The summed E-state index contributed by atoms with van der Waals surface area (Å²) in [5, 5.41) is 4.13. The number of nitrogens with zero attached hydrogens (tertiary/aromatic N) is 2. The van der Waals surface area contributed by atoms with E-state index in [0.717, 1.165) is 53.2 Å². The van der Waals surface area contributed by atoms with Crippen LogP contribution in [0.1, 0.15) is 62.7 Å². The van der Waals surface area contributed by atoms with Gasteiger partial charge in [0.15, 0.2) is 11.5 Å². The van der Waals surface area contributed by atoms with Crippen LogP contribution in [0, 0.1) is 0 Å². The number of hydrogen-bond donors (Lipinski definition) is 0. The third kappa shape index (κ3) is 4.58. The largest absolute Gasteiger partial charge is 0.493 e. The van der Waals surface area contributed by atoms with E-state index in [0.29, 0.717) is 17.1 Å². The van der Waals surface area contributed by atoms with Gasteiger partial charge in [-0.2, -0.15) is 0 Å². The van der Waals surface area contributed by atoms with Crippen LogP contribution in [0.25, 0.3) is 21.5 Å². The number of hydrogen-bond acceptors (Lipinski definition) is 4. The molecule has 0 radical (unpaired) electrons. The van der Waals surface area contributed by atoms with Crippen molar-refractivity contribution in [3.8, 4) is 11.5 Å². The highest BCUT2D eigenvalue weighted by Gasteiger charge is 2.33. The maximum atomic E-state index is 13.6. The monoisotopic (exact) mass is 462 g/mol. The van der Waals surface area contributed by atoms with Crippen LogP contribution in [0.15, 0.2) is 36.4 Å². The molecule has 0 aliphatic carbocycles. The van der Waals surface area contributed by atoms with E-state index in [2.05, 4.69) is 36.9 Å². The number of rotatable bonds is 13. The summed E-state index contributed by atoms with van der Waals surface area (Å²) in [7, 11) is 3.29. The molecule has 0 aromatic heterocycles. The predicted octanol–water partition coefficient (Wildman–Crippen LogP) is 6.65. The summed E-state index contributed by atoms with van der Waals surface area (Å²) in [5.41, 5.74) is 1.70. The van der Waals surface area contributed by atoms with Gasteiger partial charge >= 0.3 is 0 Å². The smallest absolute Gasteiger partial charge is 0.259 e. The van der Waals surface area contributed by atoms with Crippen molar-refractivity contribution < 1.29 is 14.3 Å². The number of anilines is 1. The van der Waals surface area contributed by atoms with Gasteiger partial charge in [-0.25, -0.2) is 0 Å². The van der Waals surface area contributed by atoms with Gasteiger partial charge in [-0.1, -0.05) is 51.0 Å². The zero-order valence-electron chi connectivity index (χ0n) is 21.2. The molecule has 0 N–H and O–H groups in total. The van der Waals surface area contributed by atoms with E-state index in [1.807, 2.05) is 23.1 Å². The van der Waals surface area contributed by atoms with Crippen molar-refractivity contribution in [1.29, 1.82) is 0 Å². The summed E-state index contributed by atoms with van der Waals surface area (Å²) in [6.07, 6.45) is 7.04. The minimum absolute atomic E-state index is 0.0603. The van der Waals surface area contributed by atoms with Gasteiger partial charge in [0.1, 0.15) is 0 Å². The van der Waals surface area contributed by atoms with Crippen LogP contribution >= 0.6 is 0 Å². The van der Waals surface area contributed by atoms with Crippen LogP contribution in [-0.2, 0) is 0 Å². The molecule has 3 aromatic rings. The molecule has 0 bridgehead atoms. The first kappa shape index (κ1) is 24.3. The number of amides is 1. The summed E-state index contributed by atoms with van der Waals surface area (Å²) in [6.45, 7) is 8.68. The minimum atomic E-state index is 0.0603. The summed E-state index contributed by atoms with van der Waals surface area (Å²) in [6, 6.07) is 12.3. The molecule has 0 unspecified atom stereocenters. The molecular weight excluding hydrogens is 424 g/mol. The molecule has 0 spiro atoms. The first-order valence-corrected chi connectivity index (χ1v) is 12.8. The van der Waals surface area contributed by atoms with Gasteiger partial charge in [0.2, 0.25) is 0 Å². The Bertz CT molecular complexity index is 1150. The highest BCUT2D eigenvalue weighted by atomic mass is 16.5. The Hall–Kier alpha value is -2.79. The standard InChI is InChI=1S/C29H38N2O3/c1-5-7-15-30(16-8-6-2)17-11-12-18-31-24-19-21-13-9-10-14-22(21)27-26(24)23(29(31)32)20-25(33-3)28(27)34-4/h9-10,13-14,19-20H,5-8,11-12,15-18H2,1-4H3.